The summed E-state index contributed by atoms with van der Waals surface area (Å²) < 4.78 is 38.5. The molecule has 1 aromatic carbocycles. The molecule has 0 bridgehead atoms. The number of aromatic nitrogens is 3. The fraction of sp³-hybridized carbons (Fsp3) is 0.350. The van der Waals surface area contributed by atoms with Crippen LogP contribution in [0.25, 0.3) is 11.0 Å². The van der Waals surface area contributed by atoms with Gasteiger partial charge in [0.2, 0.25) is 0 Å². The first-order valence-electron chi connectivity index (χ1n) is 9.70. The number of hydrogen-bond acceptors (Lipinski definition) is 6. The molecule has 1 atom stereocenters. The van der Waals surface area contributed by atoms with Gasteiger partial charge in [0.05, 0.1) is 34.3 Å². The minimum atomic E-state index is -3.08. The van der Waals surface area contributed by atoms with E-state index in [4.69, 9.17) is 0 Å². The molecule has 1 unspecified atom stereocenters. The quantitative estimate of drug-likeness (QED) is 0.619. The largest absolute Gasteiger partial charge is 0.380 e. The lowest BCUT2D eigenvalue weighted by molar-refractivity contribution is 0.0951. The highest BCUT2D eigenvalue weighted by atomic mass is 32.2. The standard InChI is InChI=1S/C20H22FN5O3S/c1-2-26-19-16(11-24-26)18(25-15-7-8-30(28,29)12-15)17(10-22-19)20(27)23-9-13-3-5-14(21)6-4-13/h3-6,10-11,15H,2,7-9,12H2,1H3,(H,22,25)(H,23,27). The number of carbonyl (C=O) groups excluding carboxylic acids is 1. The van der Waals surface area contributed by atoms with Crippen molar-refractivity contribution in [1.82, 2.24) is 20.1 Å². The second kappa shape index (κ2) is 8.02. The first-order valence-corrected chi connectivity index (χ1v) is 11.5. The summed E-state index contributed by atoms with van der Waals surface area (Å²) in [6.07, 6.45) is 3.58. The average molecular weight is 431 g/mol. The number of fused-ring (bicyclic) bond motifs is 1. The van der Waals surface area contributed by atoms with Crippen molar-refractivity contribution in [2.45, 2.75) is 32.5 Å². The van der Waals surface area contributed by atoms with Crippen molar-refractivity contribution in [2.24, 2.45) is 0 Å². The van der Waals surface area contributed by atoms with Gasteiger partial charge in [-0.3, -0.25) is 4.79 Å². The highest BCUT2D eigenvalue weighted by molar-refractivity contribution is 7.91. The van der Waals surface area contributed by atoms with E-state index in [2.05, 4.69) is 20.7 Å². The maximum atomic E-state index is 13.1. The Balaban J connectivity index is 1.64. The van der Waals surface area contributed by atoms with E-state index in [0.29, 0.717) is 35.2 Å². The smallest absolute Gasteiger partial charge is 0.255 e. The van der Waals surface area contributed by atoms with Gasteiger partial charge in [-0.15, -0.1) is 0 Å². The third-order valence-corrected chi connectivity index (χ3v) is 6.93. The highest BCUT2D eigenvalue weighted by Gasteiger charge is 2.29. The van der Waals surface area contributed by atoms with Gasteiger partial charge in [-0.2, -0.15) is 5.10 Å². The Labute approximate surface area is 173 Å². The molecule has 3 heterocycles. The molecular formula is C20H22FN5O3S. The zero-order chi connectivity index (χ0) is 21.3. The highest BCUT2D eigenvalue weighted by Crippen LogP contribution is 2.28. The Hall–Kier alpha value is -3.01. The van der Waals surface area contributed by atoms with E-state index in [0.717, 1.165) is 5.56 Å². The minimum absolute atomic E-state index is 0.0232. The fourth-order valence-electron chi connectivity index (χ4n) is 3.58. The van der Waals surface area contributed by atoms with Gasteiger partial charge in [-0.25, -0.2) is 22.5 Å². The number of halogens is 1. The molecule has 1 aliphatic rings. The molecule has 158 valence electrons. The fourth-order valence-corrected chi connectivity index (χ4v) is 5.25. The topological polar surface area (TPSA) is 106 Å². The van der Waals surface area contributed by atoms with Crippen LogP contribution in [0.2, 0.25) is 0 Å². The van der Waals surface area contributed by atoms with Crippen LogP contribution in [-0.2, 0) is 22.9 Å². The van der Waals surface area contributed by atoms with Crippen molar-refractivity contribution in [3.05, 3.63) is 53.6 Å². The zero-order valence-electron chi connectivity index (χ0n) is 16.4. The summed E-state index contributed by atoms with van der Waals surface area (Å²) in [7, 11) is -3.08. The van der Waals surface area contributed by atoms with Crippen LogP contribution in [0.1, 0.15) is 29.3 Å². The van der Waals surface area contributed by atoms with Crippen molar-refractivity contribution in [1.29, 1.82) is 0 Å². The van der Waals surface area contributed by atoms with Gasteiger partial charge in [0.25, 0.3) is 5.91 Å². The van der Waals surface area contributed by atoms with Crippen LogP contribution < -0.4 is 10.6 Å². The Morgan fingerprint density at radius 3 is 2.70 bits per heavy atom. The Morgan fingerprint density at radius 1 is 1.27 bits per heavy atom. The second-order valence-corrected chi connectivity index (χ2v) is 9.53. The van der Waals surface area contributed by atoms with E-state index in [-0.39, 0.29) is 35.8 Å². The second-order valence-electron chi connectivity index (χ2n) is 7.30. The summed E-state index contributed by atoms with van der Waals surface area (Å²) >= 11 is 0. The van der Waals surface area contributed by atoms with Crippen LogP contribution in [-0.4, -0.2) is 46.6 Å². The van der Waals surface area contributed by atoms with Gasteiger partial charge in [0.1, 0.15) is 5.82 Å². The molecule has 30 heavy (non-hydrogen) atoms. The molecule has 1 saturated heterocycles. The number of amides is 1. The van der Waals surface area contributed by atoms with E-state index in [1.165, 1.54) is 18.3 Å². The van der Waals surface area contributed by atoms with E-state index in [1.807, 2.05) is 6.92 Å². The maximum absolute atomic E-state index is 13.1. The van der Waals surface area contributed by atoms with Gasteiger partial charge in [-0.05, 0) is 31.0 Å². The third-order valence-electron chi connectivity index (χ3n) is 5.16. The first-order chi connectivity index (χ1) is 14.4. The summed E-state index contributed by atoms with van der Waals surface area (Å²) in [6.45, 7) is 2.78. The Morgan fingerprint density at radius 2 is 2.03 bits per heavy atom. The summed E-state index contributed by atoms with van der Waals surface area (Å²) in [4.78, 5) is 17.3. The number of aryl methyl sites for hydroxylation is 1. The van der Waals surface area contributed by atoms with E-state index < -0.39 is 9.84 Å². The summed E-state index contributed by atoms with van der Waals surface area (Å²) in [5.41, 5.74) is 2.22. The lowest BCUT2D eigenvalue weighted by Crippen LogP contribution is -2.27. The molecule has 10 heteroatoms. The van der Waals surface area contributed by atoms with Crippen molar-refractivity contribution in [3.63, 3.8) is 0 Å². The first kappa shape index (κ1) is 20.3. The van der Waals surface area contributed by atoms with Crippen LogP contribution in [0.5, 0.6) is 0 Å². The summed E-state index contributed by atoms with van der Waals surface area (Å²) in [5.74, 6) is -0.554. The van der Waals surface area contributed by atoms with Crippen LogP contribution in [0, 0.1) is 5.82 Å². The number of rotatable bonds is 6. The van der Waals surface area contributed by atoms with Crippen LogP contribution in [0.4, 0.5) is 10.1 Å². The molecule has 0 aliphatic carbocycles. The van der Waals surface area contributed by atoms with E-state index in [9.17, 15) is 17.6 Å². The normalized spacial score (nSPS) is 17.9. The molecule has 2 aromatic heterocycles. The molecule has 4 rings (SSSR count). The minimum Gasteiger partial charge on any atom is -0.380 e. The zero-order valence-corrected chi connectivity index (χ0v) is 17.2. The van der Waals surface area contributed by atoms with Crippen LogP contribution in [0.15, 0.2) is 36.7 Å². The summed E-state index contributed by atoms with van der Waals surface area (Å²) in [5, 5.41) is 11.0. The van der Waals surface area contributed by atoms with Crippen molar-refractivity contribution in [2.75, 3.05) is 16.8 Å². The van der Waals surface area contributed by atoms with Crippen LogP contribution >= 0.6 is 0 Å². The number of sulfone groups is 1. The number of benzene rings is 1. The number of hydrogen-bond donors (Lipinski definition) is 2. The third kappa shape index (κ3) is 4.13. The molecule has 0 spiro atoms. The van der Waals surface area contributed by atoms with Crippen molar-refractivity contribution >= 4 is 32.5 Å². The molecule has 1 aliphatic heterocycles. The van der Waals surface area contributed by atoms with Gasteiger partial charge in [0.15, 0.2) is 15.5 Å². The van der Waals surface area contributed by atoms with Gasteiger partial charge in [0, 0.05) is 25.3 Å². The molecule has 1 fully saturated rings. The van der Waals surface area contributed by atoms with Crippen molar-refractivity contribution < 1.29 is 17.6 Å². The Kier molecular flexibility index (Phi) is 5.42. The summed E-state index contributed by atoms with van der Waals surface area (Å²) in [6, 6.07) is 5.59. The Bertz CT molecular complexity index is 1190. The molecule has 2 N–H and O–H groups in total. The monoisotopic (exact) mass is 431 g/mol. The van der Waals surface area contributed by atoms with Crippen molar-refractivity contribution in [3.8, 4) is 0 Å². The molecule has 8 nitrogen and oxygen atoms in total. The SMILES string of the molecule is CCn1ncc2c(NC3CCS(=O)(=O)C3)c(C(=O)NCc3ccc(F)cc3)cnc21. The molecule has 3 aromatic rings. The molecule has 1 amide bonds. The number of pyridine rings is 1. The predicted octanol–water partition coefficient (Wildman–Crippen LogP) is 2.12. The maximum Gasteiger partial charge on any atom is 0.255 e. The lowest BCUT2D eigenvalue weighted by Gasteiger charge is -2.17. The lowest BCUT2D eigenvalue weighted by atomic mass is 10.1. The van der Waals surface area contributed by atoms with Gasteiger partial charge in [-0.1, -0.05) is 12.1 Å². The average Bonchev–Trinajstić information content (AvgIpc) is 3.30. The molecule has 0 radical (unpaired) electrons. The molecule has 0 saturated carbocycles. The molecular weight excluding hydrogens is 409 g/mol. The van der Waals surface area contributed by atoms with Crippen LogP contribution in [0.3, 0.4) is 0 Å². The van der Waals surface area contributed by atoms with E-state index in [1.54, 1.807) is 23.0 Å². The number of nitrogens with zero attached hydrogens (tertiary/aromatic N) is 3. The number of carbonyl (C=O) groups is 1. The van der Waals surface area contributed by atoms with Gasteiger partial charge < -0.3 is 10.6 Å². The van der Waals surface area contributed by atoms with Gasteiger partial charge >= 0.3 is 0 Å². The number of anilines is 1. The van der Waals surface area contributed by atoms with E-state index >= 15 is 0 Å². The predicted molar refractivity (Wildman–Crippen MR) is 111 cm³/mol. The number of nitrogens with one attached hydrogen (secondary N) is 2.